The van der Waals surface area contributed by atoms with E-state index in [0.717, 1.165) is 29.8 Å². The maximum Gasteiger partial charge on any atom is 0.324 e. The van der Waals surface area contributed by atoms with Crippen molar-refractivity contribution in [3.05, 3.63) is 58.4 Å². The summed E-state index contributed by atoms with van der Waals surface area (Å²) in [5.74, 6) is 1.47. The molecular formula is C25H31N5O3S. The molecule has 1 aliphatic rings. The number of ether oxygens (including phenoxy) is 1. The number of hydrogen-bond acceptors (Lipinski definition) is 5. The lowest BCUT2D eigenvalue weighted by atomic mass is 9.92. The van der Waals surface area contributed by atoms with E-state index < -0.39 is 0 Å². The third-order valence-corrected chi connectivity index (χ3v) is 6.49. The molecule has 180 valence electrons. The Morgan fingerprint density at radius 1 is 1.09 bits per heavy atom. The van der Waals surface area contributed by atoms with E-state index >= 15 is 0 Å². The van der Waals surface area contributed by atoms with Crippen LogP contribution in [-0.2, 0) is 12.5 Å². The third-order valence-electron chi connectivity index (χ3n) is 5.80. The summed E-state index contributed by atoms with van der Waals surface area (Å²) in [7, 11) is 1.81. The van der Waals surface area contributed by atoms with Gasteiger partial charge in [0.15, 0.2) is 0 Å². The van der Waals surface area contributed by atoms with Crippen LogP contribution in [0.15, 0.2) is 47.2 Å². The number of aromatic nitrogens is 2. The number of thiophene rings is 1. The third kappa shape index (κ3) is 5.77. The van der Waals surface area contributed by atoms with Crippen molar-refractivity contribution in [2.45, 2.75) is 45.1 Å². The highest BCUT2D eigenvalue weighted by molar-refractivity contribution is 7.08. The maximum absolute atomic E-state index is 12.5. The Balaban J connectivity index is 1.25. The van der Waals surface area contributed by atoms with E-state index in [1.807, 2.05) is 52.1 Å². The van der Waals surface area contributed by atoms with Crippen LogP contribution in [0.5, 0.6) is 5.75 Å². The molecule has 1 saturated heterocycles. The first-order chi connectivity index (χ1) is 16.2. The van der Waals surface area contributed by atoms with Crippen LogP contribution < -0.4 is 15.4 Å². The van der Waals surface area contributed by atoms with Crippen LogP contribution in [0.1, 0.15) is 49.7 Å². The molecule has 0 radical (unpaired) electrons. The number of carbonyl (C=O) groups is 2. The number of aryl methyl sites for hydroxylation is 1. The van der Waals surface area contributed by atoms with Gasteiger partial charge in [-0.3, -0.25) is 14.8 Å². The van der Waals surface area contributed by atoms with Crippen molar-refractivity contribution in [3.63, 3.8) is 0 Å². The van der Waals surface area contributed by atoms with Gasteiger partial charge in [0.2, 0.25) is 0 Å². The van der Waals surface area contributed by atoms with Gasteiger partial charge in [-0.05, 0) is 35.7 Å². The number of rotatable bonds is 5. The second-order valence-corrected chi connectivity index (χ2v) is 10.3. The number of hydrogen-bond donors (Lipinski definition) is 2. The second-order valence-electron chi connectivity index (χ2n) is 9.51. The van der Waals surface area contributed by atoms with Crippen molar-refractivity contribution >= 4 is 34.8 Å². The molecule has 9 heteroatoms. The molecule has 0 aliphatic carbocycles. The van der Waals surface area contributed by atoms with Gasteiger partial charge in [-0.15, -0.1) is 0 Å². The standard InChI is InChI=1S/C25H31N5O3S/c1-25(2,3)21-15-22(29(4)28-21)27-24(32)26-18-5-7-19(8-6-18)33-20-9-12-30(13-10-20)23(31)17-11-14-34-16-17/h5-8,11,14-16,20H,9-10,12-13H2,1-4H3,(H2,26,27,32). The number of benzene rings is 1. The molecule has 3 heterocycles. The molecule has 0 saturated carbocycles. The molecule has 1 aliphatic heterocycles. The van der Waals surface area contributed by atoms with Crippen molar-refractivity contribution in [1.82, 2.24) is 14.7 Å². The molecule has 2 N–H and O–H groups in total. The van der Waals surface area contributed by atoms with Crippen molar-refractivity contribution in [3.8, 4) is 5.75 Å². The molecular weight excluding hydrogens is 450 g/mol. The maximum atomic E-state index is 12.5. The average molecular weight is 482 g/mol. The fourth-order valence-electron chi connectivity index (χ4n) is 3.78. The Kier molecular flexibility index (Phi) is 6.92. The molecule has 2 aromatic heterocycles. The fourth-order valence-corrected chi connectivity index (χ4v) is 4.41. The first kappa shape index (κ1) is 23.8. The first-order valence-corrected chi connectivity index (χ1v) is 12.3. The molecule has 3 aromatic rings. The molecule has 0 atom stereocenters. The molecule has 1 aromatic carbocycles. The van der Waals surface area contributed by atoms with E-state index in [4.69, 9.17) is 4.74 Å². The van der Waals surface area contributed by atoms with Crippen LogP contribution in [0, 0.1) is 0 Å². The topological polar surface area (TPSA) is 88.5 Å². The zero-order valence-electron chi connectivity index (χ0n) is 20.0. The monoisotopic (exact) mass is 481 g/mol. The van der Waals surface area contributed by atoms with Crippen LogP contribution in [0.4, 0.5) is 16.3 Å². The lowest BCUT2D eigenvalue weighted by Crippen LogP contribution is -2.41. The Hall–Kier alpha value is -3.33. The summed E-state index contributed by atoms with van der Waals surface area (Å²) in [6.45, 7) is 7.61. The molecule has 8 nitrogen and oxygen atoms in total. The highest BCUT2D eigenvalue weighted by Gasteiger charge is 2.25. The number of amides is 3. The minimum absolute atomic E-state index is 0.0653. The van der Waals surface area contributed by atoms with Crippen LogP contribution in [-0.4, -0.2) is 45.8 Å². The predicted octanol–water partition coefficient (Wildman–Crippen LogP) is 5.11. The lowest BCUT2D eigenvalue weighted by Gasteiger charge is -2.32. The van der Waals surface area contributed by atoms with E-state index in [1.54, 1.807) is 11.7 Å². The average Bonchev–Trinajstić information content (AvgIpc) is 3.46. The largest absolute Gasteiger partial charge is 0.490 e. The summed E-state index contributed by atoms with van der Waals surface area (Å²) < 4.78 is 7.77. The first-order valence-electron chi connectivity index (χ1n) is 11.4. The smallest absolute Gasteiger partial charge is 0.324 e. The second kappa shape index (κ2) is 9.89. The van der Waals surface area contributed by atoms with Gasteiger partial charge in [0, 0.05) is 55.5 Å². The number of nitrogens with one attached hydrogen (secondary N) is 2. The minimum Gasteiger partial charge on any atom is -0.490 e. The van der Waals surface area contributed by atoms with E-state index in [0.29, 0.717) is 24.6 Å². The number of urea groups is 1. The van der Waals surface area contributed by atoms with Gasteiger partial charge in [0.25, 0.3) is 5.91 Å². The van der Waals surface area contributed by atoms with Gasteiger partial charge in [-0.2, -0.15) is 16.4 Å². The number of likely N-dealkylation sites (tertiary alicyclic amines) is 1. The predicted molar refractivity (Wildman–Crippen MR) is 135 cm³/mol. The van der Waals surface area contributed by atoms with E-state index in [9.17, 15) is 9.59 Å². The number of nitrogens with zero attached hydrogens (tertiary/aromatic N) is 3. The Labute approximate surface area is 203 Å². The van der Waals surface area contributed by atoms with Crippen molar-refractivity contribution in [1.29, 1.82) is 0 Å². The number of anilines is 2. The molecule has 0 bridgehead atoms. The van der Waals surface area contributed by atoms with Gasteiger partial charge in [-0.25, -0.2) is 4.79 Å². The molecule has 34 heavy (non-hydrogen) atoms. The molecule has 0 spiro atoms. The quantitative estimate of drug-likeness (QED) is 0.530. The van der Waals surface area contributed by atoms with Crippen LogP contribution in [0.2, 0.25) is 0 Å². The Bertz CT molecular complexity index is 1120. The van der Waals surface area contributed by atoms with Crippen LogP contribution in [0.3, 0.4) is 0 Å². The van der Waals surface area contributed by atoms with Gasteiger partial charge >= 0.3 is 6.03 Å². The highest BCUT2D eigenvalue weighted by atomic mass is 32.1. The summed E-state index contributed by atoms with van der Waals surface area (Å²) >= 11 is 1.54. The summed E-state index contributed by atoms with van der Waals surface area (Å²) in [5.41, 5.74) is 2.24. The molecule has 4 rings (SSSR count). The van der Waals surface area contributed by atoms with E-state index in [1.165, 1.54) is 11.3 Å². The Morgan fingerprint density at radius 2 is 1.79 bits per heavy atom. The summed E-state index contributed by atoms with van der Waals surface area (Å²) in [6.07, 6.45) is 1.65. The summed E-state index contributed by atoms with van der Waals surface area (Å²) in [4.78, 5) is 26.8. The van der Waals surface area contributed by atoms with Gasteiger partial charge in [0.1, 0.15) is 17.7 Å². The molecule has 1 fully saturated rings. The van der Waals surface area contributed by atoms with Crippen LogP contribution >= 0.6 is 11.3 Å². The van der Waals surface area contributed by atoms with Crippen molar-refractivity contribution in [2.75, 3.05) is 23.7 Å². The molecule has 0 unspecified atom stereocenters. The zero-order valence-corrected chi connectivity index (χ0v) is 20.8. The van der Waals surface area contributed by atoms with Gasteiger partial charge < -0.3 is 15.0 Å². The van der Waals surface area contributed by atoms with E-state index in [2.05, 4.69) is 36.5 Å². The fraction of sp³-hybridized carbons (Fsp3) is 0.400. The lowest BCUT2D eigenvalue weighted by molar-refractivity contribution is 0.0596. The van der Waals surface area contributed by atoms with Gasteiger partial charge in [-0.1, -0.05) is 20.8 Å². The SMILES string of the molecule is Cn1nc(C(C)(C)C)cc1NC(=O)Nc1ccc(OC2CCN(C(=O)c3ccsc3)CC2)cc1. The van der Waals surface area contributed by atoms with Crippen molar-refractivity contribution < 1.29 is 14.3 Å². The highest BCUT2D eigenvalue weighted by Crippen LogP contribution is 2.24. The van der Waals surface area contributed by atoms with Crippen molar-refractivity contribution in [2.24, 2.45) is 7.05 Å². The zero-order chi connectivity index (χ0) is 24.3. The summed E-state index contributed by atoms with van der Waals surface area (Å²) in [6, 6.07) is 10.7. The Morgan fingerprint density at radius 3 is 2.38 bits per heavy atom. The van der Waals surface area contributed by atoms with Crippen LogP contribution in [0.25, 0.3) is 0 Å². The van der Waals surface area contributed by atoms with E-state index in [-0.39, 0.29) is 23.5 Å². The number of carbonyl (C=O) groups excluding carboxylic acids is 2. The van der Waals surface area contributed by atoms with Gasteiger partial charge in [0.05, 0.1) is 11.3 Å². The normalized spacial score (nSPS) is 14.6. The molecule has 3 amide bonds. The summed E-state index contributed by atoms with van der Waals surface area (Å²) in [5, 5.41) is 14.0. The number of piperidine rings is 1. The minimum atomic E-state index is -0.334.